The number of nitrogens with one attached hydrogen (secondary N) is 3. The molecule has 0 radical (unpaired) electrons. The Kier molecular flexibility index (Phi) is 3.82. The Morgan fingerprint density at radius 2 is 2.38 bits per heavy atom. The summed E-state index contributed by atoms with van der Waals surface area (Å²) in [6, 6.07) is 6.18. The molecule has 4 nitrogen and oxygen atoms in total. The summed E-state index contributed by atoms with van der Waals surface area (Å²) in [5, 5.41) is 9.15. The van der Waals surface area contributed by atoms with E-state index in [2.05, 4.69) is 28.1 Å². The third-order valence-corrected chi connectivity index (χ3v) is 3.38. The maximum absolute atomic E-state index is 11.2. The minimum Gasteiger partial charge on any atom is -0.324 e. The molecule has 16 heavy (non-hydrogen) atoms. The van der Waals surface area contributed by atoms with Gasteiger partial charge >= 0.3 is 0 Å². The minimum atomic E-state index is 0.0813. The molecule has 1 aliphatic heterocycles. The van der Waals surface area contributed by atoms with E-state index in [0.717, 1.165) is 23.8 Å². The van der Waals surface area contributed by atoms with E-state index in [4.69, 9.17) is 0 Å². The van der Waals surface area contributed by atoms with Crippen LogP contribution in [-0.4, -0.2) is 25.4 Å². The third-order valence-electron chi connectivity index (χ3n) is 2.31. The Morgan fingerprint density at radius 3 is 3.19 bits per heavy atom. The molecule has 2 rings (SSSR count). The molecule has 1 amide bonds. The molecule has 86 valence electrons. The predicted molar refractivity (Wildman–Crippen MR) is 66.6 cm³/mol. The highest BCUT2D eigenvalue weighted by molar-refractivity contribution is 8.00. The summed E-state index contributed by atoms with van der Waals surface area (Å²) in [6.07, 6.45) is 0. The lowest BCUT2D eigenvalue weighted by Gasteiger charge is -2.17. The summed E-state index contributed by atoms with van der Waals surface area (Å²) >= 11 is 1.59. The van der Waals surface area contributed by atoms with Gasteiger partial charge in [0.1, 0.15) is 0 Å². The van der Waals surface area contributed by atoms with E-state index in [1.165, 1.54) is 5.56 Å². The SMILES string of the molecule is CNCNCc1ccc2c(c1)NC(=O)CS2. The Hall–Kier alpha value is -1.04. The molecule has 5 heteroatoms. The van der Waals surface area contributed by atoms with Gasteiger partial charge in [0.2, 0.25) is 5.91 Å². The number of amides is 1. The number of hydrogen-bond acceptors (Lipinski definition) is 4. The van der Waals surface area contributed by atoms with Gasteiger partial charge in [0.15, 0.2) is 0 Å². The molecule has 1 aromatic rings. The average molecular weight is 237 g/mol. The van der Waals surface area contributed by atoms with E-state index in [-0.39, 0.29) is 5.91 Å². The molecule has 0 bridgehead atoms. The number of carbonyl (C=O) groups is 1. The summed E-state index contributed by atoms with van der Waals surface area (Å²) in [5.41, 5.74) is 2.11. The highest BCUT2D eigenvalue weighted by Crippen LogP contribution is 2.31. The van der Waals surface area contributed by atoms with Gasteiger partial charge in [-0.1, -0.05) is 6.07 Å². The number of benzene rings is 1. The van der Waals surface area contributed by atoms with Crippen LogP contribution < -0.4 is 16.0 Å². The van der Waals surface area contributed by atoms with Crippen molar-refractivity contribution in [2.45, 2.75) is 11.4 Å². The van der Waals surface area contributed by atoms with Crippen molar-refractivity contribution in [3.05, 3.63) is 23.8 Å². The number of fused-ring (bicyclic) bond motifs is 1. The highest BCUT2D eigenvalue weighted by atomic mass is 32.2. The Morgan fingerprint density at radius 1 is 1.50 bits per heavy atom. The van der Waals surface area contributed by atoms with E-state index in [1.54, 1.807) is 11.8 Å². The summed E-state index contributed by atoms with van der Waals surface area (Å²) in [4.78, 5) is 12.4. The first-order valence-electron chi connectivity index (χ1n) is 5.20. The number of hydrogen-bond donors (Lipinski definition) is 3. The molecule has 3 N–H and O–H groups in total. The molecule has 0 atom stereocenters. The fourth-order valence-electron chi connectivity index (χ4n) is 1.57. The number of carbonyl (C=O) groups excluding carboxylic acids is 1. The van der Waals surface area contributed by atoms with E-state index in [1.807, 2.05) is 13.1 Å². The molecule has 0 aliphatic carbocycles. The van der Waals surface area contributed by atoms with Crippen molar-refractivity contribution in [1.29, 1.82) is 0 Å². The van der Waals surface area contributed by atoms with Crippen LogP contribution in [0.4, 0.5) is 5.69 Å². The monoisotopic (exact) mass is 237 g/mol. The molecule has 0 saturated carbocycles. The largest absolute Gasteiger partial charge is 0.324 e. The molecular formula is C11H15N3OS. The first-order valence-corrected chi connectivity index (χ1v) is 6.19. The molecule has 1 heterocycles. The normalized spacial score (nSPS) is 14.4. The topological polar surface area (TPSA) is 53.2 Å². The summed E-state index contributed by atoms with van der Waals surface area (Å²) in [6.45, 7) is 1.58. The van der Waals surface area contributed by atoms with Gasteiger partial charge in [0.05, 0.1) is 11.4 Å². The van der Waals surface area contributed by atoms with Crippen LogP contribution in [0.25, 0.3) is 0 Å². The number of anilines is 1. The van der Waals surface area contributed by atoms with Crippen molar-refractivity contribution >= 4 is 23.4 Å². The summed E-state index contributed by atoms with van der Waals surface area (Å²) < 4.78 is 0. The zero-order valence-corrected chi connectivity index (χ0v) is 9.99. The maximum Gasteiger partial charge on any atom is 0.234 e. The van der Waals surface area contributed by atoms with Gasteiger partial charge < -0.3 is 16.0 Å². The van der Waals surface area contributed by atoms with Gasteiger partial charge in [-0.2, -0.15) is 0 Å². The van der Waals surface area contributed by atoms with Gasteiger partial charge in [-0.15, -0.1) is 11.8 Å². The Labute approximate surface area is 99.2 Å². The lowest BCUT2D eigenvalue weighted by atomic mass is 10.2. The molecule has 0 spiro atoms. The van der Waals surface area contributed by atoms with Crippen LogP contribution >= 0.6 is 11.8 Å². The molecule has 1 aromatic carbocycles. The van der Waals surface area contributed by atoms with Gasteiger partial charge in [0.25, 0.3) is 0 Å². The van der Waals surface area contributed by atoms with Crippen LogP contribution in [0.2, 0.25) is 0 Å². The number of rotatable bonds is 4. The maximum atomic E-state index is 11.2. The molecule has 0 unspecified atom stereocenters. The minimum absolute atomic E-state index is 0.0813. The zero-order chi connectivity index (χ0) is 11.4. The van der Waals surface area contributed by atoms with Crippen molar-refractivity contribution in [2.75, 3.05) is 24.8 Å². The highest BCUT2D eigenvalue weighted by Gasteiger charge is 2.14. The van der Waals surface area contributed by atoms with Crippen molar-refractivity contribution in [3.8, 4) is 0 Å². The van der Waals surface area contributed by atoms with Crippen molar-refractivity contribution in [3.63, 3.8) is 0 Å². The van der Waals surface area contributed by atoms with Gasteiger partial charge in [-0.3, -0.25) is 4.79 Å². The van der Waals surface area contributed by atoms with Crippen LogP contribution in [0.5, 0.6) is 0 Å². The van der Waals surface area contributed by atoms with Gasteiger partial charge in [-0.05, 0) is 24.7 Å². The smallest absolute Gasteiger partial charge is 0.234 e. The lowest BCUT2D eigenvalue weighted by molar-refractivity contribution is -0.113. The van der Waals surface area contributed by atoms with Crippen LogP contribution in [0, 0.1) is 0 Å². The van der Waals surface area contributed by atoms with Gasteiger partial charge in [-0.25, -0.2) is 0 Å². The first kappa shape index (κ1) is 11.4. The van der Waals surface area contributed by atoms with Crippen molar-refractivity contribution in [2.24, 2.45) is 0 Å². The Balaban J connectivity index is 2.06. The summed E-state index contributed by atoms with van der Waals surface area (Å²) in [5.74, 6) is 0.600. The second kappa shape index (κ2) is 5.34. The molecule has 1 aliphatic rings. The predicted octanol–water partition coefficient (Wildman–Crippen LogP) is 0.997. The number of thioether (sulfide) groups is 1. The standard InChI is InChI=1S/C11H15N3OS/c1-12-7-13-5-8-2-3-10-9(4-8)14-11(15)6-16-10/h2-4,12-13H,5-7H2,1H3,(H,14,15). The fraction of sp³-hybridized carbons (Fsp3) is 0.364. The fourth-order valence-corrected chi connectivity index (χ4v) is 2.36. The summed E-state index contributed by atoms with van der Waals surface area (Å²) in [7, 11) is 1.90. The first-order chi connectivity index (χ1) is 7.79. The second-order valence-corrected chi connectivity index (χ2v) is 4.64. The molecule has 0 saturated heterocycles. The van der Waals surface area contributed by atoms with Crippen molar-refractivity contribution < 1.29 is 4.79 Å². The van der Waals surface area contributed by atoms with Crippen molar-refractivity contribution in [1.82, 2.24) is 10.6 Å². The molecule has 0 fully saturated rings. The van der Waals surface area contributed by atoms with Crippen LogP contribution in [-0.2, 0) is 11.3 Å². The van der Waals surface area contributed by atoms with E-state index in [0.29, 0.717) is 5.75 Å². The lowest BCUT2D eigenvalue weighted by Crippen LogP contribution is -2.25. The average Bonchev–Trinajstić information content (AvgIpc) is 2.29. The van der Waals surface area contributed by atoms with E-state index >= 15 is 0 Å². The second-order valence-electron chi connectivity index (χ2n) is 3.62. The van der Waals surface area contributed by atoms with Gasteiger partial charge in [0, 0.05) is 18.1 Å². The third kappa shape index (κ3) is 2.75. The zero-order valence-electron chi connectivity index (χ0n) is 9.17. The Bertz CT molecular complexity index is 395. The van der Waals surface area contributed by atoms with E-state index in [9.17, 15) is 4.79 Å². The van der Waals surface area contributed by atoms with E-state index < -0.39 is 0 Å². The van der Waals surface area contributed by atoms with Crippen LogP contribution in [0.1, 0.15) is 5.56 Å². The van der Waals surface area contributed by atoms with Crippen LogP contribution in [0.15, 0.2) is 23.1 Å². The molecule has 0 aromatic heterocycles. The quantitative estimate of drug-likeness (QED) is 0.540. The van der Waals surface area contributed by atoms with Crippen LogP contribution in [0.3, 0.4) is 0 Å². The molecular weight excluding hydrogens is 222 g/mol.